The second kappa shape index (κ2) is 9.33. The van der Waals surface area contributed by atoms with Crippen molar-refractivity contribution in [2.75, 3.05) is 20.6 Å². The van der Waals surface area contributed by atoms with E-state index in [1.807, 2.05) is 6.92 Å². The van der Waals surface area contributed by atoms with Crippen molar-refractivity contribution in [2.45, 2.75) is 23.7 Å². The van der Waals surface area contributed by atoms with Crippen molar-refractivity contribution in [3.8, 4) is 5.75 Å². The van der Waals surface area contributed by atoms with Crippen molar-refractivity contribution in [1.29, 1.82) is 0 Å². The molecule has 1 saturated heterocycles. The largest absolute Gasteiger partial charge is 0.435 e. The molecule has 1 aliphatic heterocycles. The predicted molar refractivity (Wildman–Crippen MR) is 116 cm³/mol. The van der Waals surface area contributed by atoms with Gasteiger partial charge in [0, 0.05) is 31.5 Å². The van der Waals surface area contributed by atoms with E-state index >= 15 is 0 Å². The fourth-order valence-electron chi connectivity index (χ4n) is 2.87. The normalized spacial score (nSPS) is 18.2. The highest BCUT2D eigenvalue weighted by Gasteiger charge is 2.32. The van der Waals surface area contributed by atoms with Crippen molar-refractivity contribution in [1.82, 2.24) is 9.21 Å². The lowest BCUT2D eigenvalue weighted by Crippen LogP contribution is -2.32. The molecule has 2 aromatic carbocycles. The summed E-state index contributed by atoms with van der Waals surface area (Å²) in [5.41, 5.74) is 0.566. The minimum atomic E-state index is -3.63. The smallest absolute Gasteiger partial charge is 0.387 e. The number of aliphatic imine (C=N–C) groups is 1. The third-order valence-electron chi connectivity index (χ3n) is 4.35. The van der Waals surface area contributed by atoms with Crippen molar-refractivity contribution in [3.63, 3.8) is 0 Å². The number of hydrogen-bond donors (Lipinski definition) is 0. The molecule has 7 nitrogen and oxygen atoms in total. The summed E-state index contributed by atoms with van der Waals surface area (Å²) in [4.78, 5) is 19.1. The second-order valence-corrected chi connectivity index (χ2v) is 10.5. The fourth-order valence-corrected chi connectivity index (χ4v) is 4.84. The Morgan fingerprint density at radius 1 is 1.23 bits per heavy atom. The zero-order chi connectivity index (χ0) is 22.8. The van der Waals surface area contributed by atoms with Gasteiger partial charge in [0.15, 0.2) is 5.17 Å². The van der Waals surface area contributed by atoms with Crippen LogP contribution < -0.4 is 4.74 Å². The first-order valence-corrected chi connectivity index (χ1v) is 11.5. The van der Waals surface area contributed by atoms with Gasteiger partial charge in [-0.1, -0.05) is 30.8 Å². The van der Waals surface area contributed by atoms with Gasteiger partial charge in [-0.15, -0.1) is 0 Å². The average Bonchev–Trinajstić information content (AvgIpc) is 3.07. The van der Waals surface area contributed by atoms with Crippen LogP contribution in [0.2, 0.25) is 0 Å². The van der Waals surface area contributed by atoms with Gasteiger partial charge in [-0.3, -0.25) is 9.69 Å². The number of amides is 1. The molecule has 3 rings (SSSR count). The van der Waals surface area contributed by atoms with Crippen LogP contribution >= 0.6 is 11.8 Å². The summed E-state index contributed by atoms with van der Waals surface area (Å²) in [7, 11) is -0.751. The first kappa shape index (κ1) is 23.2. The van der Waals surface area contributed by atoms with Gasteiger partial charge >= 0.3 is 6.61 Å². The molecule has 1 amide bonds. The summed E-state index contributed by atoms with van der Waals surface area (Å²) in [5.74, 6) is -0.520. The van der Waals surface area contributed by atoms with E-state index in [-0.39, 0.29) is 21.5 Å². The molecule has 1 fully saturated rings. The highest BCUT2D eigenvalue weighted by atomic mass is 32.2. The third-order valence-corrected chi connectivity index (χ3v) is 7.23. The number of nitrogens with zero attached hydrogens (tertiary/aromatic N) is 3. The van der Waals surface area contributed by atoms with E-state index in [9.17, 15) is 22.0 Å². The third kappa shape index (κ3) is 5.41. The van der Waals surface area contributed by atoms with Gasteiger partial charge in [0.25, 0.3) is 5.91 Å². The number of rotatable bonds is 6. The first-order chi connectivity index (χ1) is 14.6. The number of thioether (sulfide) groups is 1. The van der Waals surface area contributed by atoms with Gasteiger partial charge in [0.05, 0.1) is 10.6 Å². The van der Waals surface area contributed by atoms with Gasteiger partial charge < -0.3 is 4.74 Å². The number of benzene rings is 2. The van der Waals surface area contributed by atoms with Crippen LogP contribution in [0.15, 0.2) is 58.4 Å². The van der Waals surface area contributed by atoms with E-state index in [2.05, 4.69) is 9.73 Å². The number of sulfonamides is 1. The molecule has 0 radical (unpaired) electrons. The topological polar surface area (TPSA) is 79.3 Å². The monoisotopic (exact) mass is 469 g/mol. The van der Waals surface area contributed by atoms with Crippen molar-refractivity contribution >= 4 is 38.5 Å². The number of hydrogen-bond acceptors (Lipinski definition) is 6. The molecule has 31 heavy (non-hydrogen) atoms. The predicted octanol–water partition coefficient (Wildman–Crippen LogP) is 3.80. The number of alkyl halides is 2. The second-order valence-electron chi connectivity index (χ2n) is 6.93. The molecule has 166 valence electrons. The van der Waals surface area contributed by atoms with E-state index in [0.717, 1.165) is 4.31 Å². The number of amidine groups is 1. The van der Waals surface area contributed by atoms with E-state index in [1.165, 1.54) is 67.2 Å². The SMILES string of the molecule is CC1CN(C(=O)c2cccc(OC(F)F)c2)C(=Nc2cccc(S(=O)(=O)N(C)C)c2)S1. The quantitative estimate of drug-likeness (QED) is 0.643. The van der Waals surface area contributed by atoms with E-state index < -0.39 is 22.5 Å². The molecular formula is C20H21F2N3O4S2. The Morgan fingerprint density at radius 2 is 1.94 bits per heavy atom. The van der Waals surface area contributed by atoms with Crippen LogP contribution in [-0.2, 0) is 10.0 Å². The van der Waals surface area contributed by atoms with Crippen molar-refractivity contribution < 1.29 is 26.7 Å². The van der Waals surface area contributed by atoms with Crippen LogP contribution in [0.5, 0.6) is 5.75 Å². The maximum absolute atomic E-state index is 13.0. The Bertz CT molecular complexity index is 1110. The highest BCUT2D eigenvalue weighted by Crippen LogP contribution is 2.31. The van der Waals surface area contributed by atoms with E-state index in [0.29, 0.717) is 17.4 Å². The number of halogens is 2. The number of ether oxygens (including phenoxy) is 1. The Balaban J connectivity index is 1.92. The van der Waals surface area contributed by atoms with Gasteiger partial charge in [-0.05, 0) is 36.4 Å². The Hall–Kier alpha value is -2.50. The maximum Gasteiger partial charge on any atom is 0.387 e. The average molecular weight is 470 g/mol. The molecule has 0 bridgehead atoms. The number of carbonyl (C=O) groups excluding carboxylic acids is 1. The molecule has 0 saturated carbocycles. The molecule has 11 heteroatoms. The molecule has 0 spiro atoms. The zero-order valence-corrected chi connectivity index (χ0v) is 18.7. The van der Waals surface area contributed by atoms with Crippen LogP contribution in [-0.4, -0.2) is 61.2 Å². The molecule has 2 aromatic rings. The standard InChI is InChI=1S/C20H21F2N3O4S2/c1-13-12-25(18(26)14-6-4-8-16(10-14)29-19(21)22)20(30-13)23-15-7-5-9-17(11-15)31(27,28)24(2)3/h4-11,13,19H,12H2,1-3H3. The summed E-state index contributed by atoms with van der Waals surface area (Å²) in [5, 5.41) is 0.453. The Kier molecular flexibility index (Phi) is 6.97. The first-order valence-electron chi connectivity index (χ1n) is 9.22. The van der Waals surface area contributed by atoms with Crippen LogP contribution in [0.25, 0.3) is 0 Å². The van der Waals surface area contributed by atoms with E-state index in [1.54, 1.807) is 12.1 Å². The highest BCUT2D eigenvalue weighted by molar-refractivity contribution is 8.14. The maximum atomic E-state index is 13.0. The van der Waals surface area contributed by atoms with Gasteiger partial charge in [0.1, 0.15) is 5.75 Å². The van der Waals surface area contributed by atoms with Crippen LogP contribution in [0, 0.1) is 0 Å². The summed E-state index contributed by atoms with van der Waals surface area (Å²) in [6, 6.07) is 11.7. The molecule has 0 aliphatic carbocycles. The van der Waals surface area contributed by atoms with Gasteiger partial charge in [-0.2, -0.15) is 8.78 Å². The summed E-state index contributed by atoms with van der Waals surface area (Å²) >= 11 is 1.37. The summed E-state index contributed by atoms with van der Waals surface area (Å²) < 4.78 is 55.2. The van der Waals surface area contributed by atoms with Gasteiger partial charge in [0.2, 0.25) is 10.0 Å². The summed E-state index contributed by atoms with van der Waals surface area (Å²) in [6.07, 6.45) is 0. The van der Waals surface area contributed by atoms with Crippen LogP contribution in [0.1, 0.15) is 17.3 Å². The molecule has 1 aliphatic rings. The lowest BCUT2D eigenvalue weighted by Gasteiger charge is -2.17. The Labute approximate surface area is 183 Å². The fraction of sp³-hybridized carbons (Fsp3) is 0.300. The van der Waals surface area contributed by atoms with Crippen molar-refractivity contribution in [3.05, 3.63) is 54.1 Å². The lowest BCUT2D eigenvalue weighted by molar-refractivity contribution is -0.0499. The molecule has 1 heterocycles. The molecule has 0 aromatic heterocycles. The minimum absolute atomic E-state index is 0.0527. The van der Waals surface area contributed by atoms with Crippen LogP contribution in [0.4, 0.5) is 14.5 Å². The zero-order valence-electron chi connectivity index (χ0n) is 17.0. The van der Waals surface area contributed by atoms with Crippen molar-refractivity contribution in [2.24, 2.45) is 4.99 Å². The molecule has 0 N–H and O–H groups in total. The molecular weight excluding hydrogens is 448 g/mol. The summed E-state index contributed by atoms with van der Waals surface area (Å²) in [6.45, 7) is -0.690. The Morgan fingerprint density at radius 3 is 2.61 bits per heavy atom. The molecule has 1 atom stereocenters. The lowest BCUT2D eigenvalue weighted by atomic mass is 10.2. The van der Waals surface area contributed by atoms with Gasteiger partial charge in [-0.25, -0.2) is 17.7 Å². The molecule has 1 unspecified atom stereocenters. The minimum Gasteiger partial charge on any atom is -0.435 e. The number of carbonyl (C=O) groups is 1. The van der Waals surface area contributed by atoms with Crippen LogP contribution in [0.3, 0.4) is 0 Å². The van der Waals surface area contributed by atoms with E-state index in [4.69, 9.17) is 0 Å².